The second-order valence-corrected chi connectivity index (χ2v) is 31.9. The number of benzene rings is 2. The number of alkyl halides is 3. The fraction of sp³-hybridized carbons (Fsp3) is 0.163. The number of nitrogens with zero attached hydrogens (tertiary/aromatic N) is 32. The van der Waals surface area contributed by atoms with Crippen LogP contribution in [0.4, 0.5) is 13.2 Å². The molecule has 716 valence electrons. The van der Waals surface area contributed by atoms with Gasteiger partial charge < -0.3 is 112 Å². The summed E-state index contributed by atoms with van der Waals surface area (Å²) in [4.78, 5) is 59.5. The molecular formula is C92H80Cl2F3N32O2Pt6-. The number of aryl methyl sites for hydroxylation is 6. The number of hydrogen-bond donors (Lipinski definition) is 1. The molecule has 0 spiro atoms. The number of aromatic nitrogens is 32. The van der Waals surface area contributed by atoms with Crippen LogP contribution in [0.2, 0.25) is 0 Å². The number of pyridine rings is 6. The number of hydrogen-bond acceptors (Lipinski definition) is 23. The average molecular weight is 2960 g/mol. The summed E-state index contributed by atoms with van der Waals surface area (Å²) in [5.41, 5.74) is 16.4. The molecule has 2 unspecified atom stereocenters. The first-order valence-corrected chi connectivity index (χ1v) is 45.5. The third kappa shape index (κ3) is 34.1. The summed E-state index contributed by atoms with van der Waals surface area (Å²) in [5, 5.41) is 87.0. The van der Waals surface area contributed by atoms with Gasteiger partial charge in [0.05, 0.1) is 40.9 Å². The normalized spacial score (nSPS) is 12.5. The molecule has 0 radical (unpaired) electrons. The molecule has 2 atom stereocenters. The van der Waals surface area contributed by atoms with E-state index in [4.69, 9.17) is 23.9 Å². The largest absolute Gasteiger partial charge is 2.00 e. The quantitative estimate of drug-likeness (QED) is 0.131. The maximum atomic E-state index is 12.2. The summed E-state index contributed by atoms with van der Waals surface area (Å²) in [5.74, 6) is 2.15. The van der Waals surface area contributed by atoms with E-state index >= 15 is 0 Å². The molecule has 34 nitrogen and oxygen atoms in total. The molecule has 137 heavy (non-hydrogen) atoms. The minimum Gasteiger partial charge on any atom is -0.582 e. The summed E-state index contributed by atoms with van der Waals surface area (Å²) in [6.07, 6.45) is 24.7. The molecule has 20 aromatic rings. The SMILES string of the molecule is CC12CCC(c3c1n[n-]c3-c1nccc3ccccc13)C2(C)C.Cc1cc(-c2ccccn2)[n-]n1.Cc1cc(-c2ccccn2)[n-]n1.Cc1cc(-c2cnccn2)[n-]n1.Cc1cc(-c2cnccn2)[n-]n1.Cc1n[n-]c(-c2ccccn2)n1.Cc1n[n-]c(-c2ccccn2)n1.FC(F)(F)c1cc(-c2ccccn2)[n-]n1.O=C(O)c1[c-]cccc1.[Cl][Pt][Cl].[Pt+2].[Pt+2].[Pt+2].[Pt+2].[Pt+2].c1cn[n-]c1.c1cn[n-]c1. The number of halogens is 5. The first-order chi connectivity index (χ1) is 64.0. The van der Waals surface area contributed by atoms with E-state index < -0.39 is 34.3 Å². The zero-order valence-corrected chi connectivity index (χ0v) is 88.7. The van der Waals surface area contributed by atoms with E-state index in [9.17, 15) is 18.0 Å². The first kappa shape index (κ1) is 113. The van der Waals surface area contributed by atoms with E-state index in [1.165, 1.54) is 47.1 Å². The second kappa shape index (κ2) is 58.3. The standard InChI is InChI=1S/C20H20N3.C9H5F3N3.2C9H8N3.4C8H7N4.C7H5O2.2C3H3N2.2ClH.6Pt/c1-19(2)14-8-10-20(19,3)18-15(14)17(22-23-18)16-13-7-5-4-6-12(13)9-11-21-16;10-9(11,12)8-5-7(14-15-8)6-3-1-2-4-13-6;2*1-7-6-9(12-11-7)8-4-2-3-5-10-8;2*1-6-4-7(12-11-6)8-5-9-2-3-10-8;2*1-6-10-8(12-11-6)7-4-2-3-5-9-7;8-7(9)6-4-2-1-3-5-6;2*1-2-4-5-3-1;;;;;;;;/h4-7,9,11,14H,8,10H2,1-3H3;1-5H;2*2-6H,1H3;4*2-5H,1H3;1-4H,(H,8,9);2*1-3H;2*1H;;;;;;/q11*-1;;;6*+2/p-2. The topological polar surface area (TPSA) is 462 Å². The summed E-state index contributed by atoms with van der Waals surface area (Å²) < 4.78 is 36.6. The Kier molecular flexibility index (Phi) is 48.3. The van der Waals surface area contributed by atoms with Gasteiger partial charge in [-0.05, 0) is 161 Å². The van der Waals surface area contributed by atoms with Crippen LogP contribution >= 0.6 is 18.8 Å². The van der Waals surface area contributed by atoms with Crippen molar-refractivity contribution in [1.29, 1.82) is 0 Å². The molecule has 0 saturated heterocycles. The molecule has 1 saturated carbocycles. The Bertz CT molecular complexity index is 6030. The third-order valence-electron chi connectivity index (χ3n) is 19.2. The number of aromatic carboxylic acids is 1. The van der Waals surface area contributed by atoms with E-state index in [-0.39, 0.29) is 127 Å². The maximum absolute atomic E-state index is 12.2. The molecule has 1 N–H and O–H groups in total. The van der Waals surface area contributed by atoms with Gasteiger partial charge in [0.2, 0.25) is 5.97 Å². The van der Waals surface area contributed by atoms with E-state index in [0.717, 1.165) is 97.2 Å². The van der Waals surface area contributed by atoms with E-state index in [0.29, 0.717) is 34.9 Å². The van der Waals surface area contributed by atoms with E-state index in [1.54, 1.807) is 149 Å². The molecule has 45 heteroatoms. The van der Waals surface area contributed by atoms with Crippen molar-refractivity contribution in [2.45, 2.75) is 92.7 Å². The molecule has 1 fully saturated rings. The Morgan fingerprint density at radius 3 is 1.16 bits per heavy atom. The van der Waals surface area contributed by atoms with Crippen molar-refractivity contribution in [3.63, 3.8) is 0 Å². The average Bonchev–Trinajstić information content (AvgIpc) is 1.52. The van der Waals surface area contributed by atoms with Crippen LogP contribution in [0, 0.1) is 53.0 Å². The summed E-state index contributed by atoms with van der Waals surface area (Å²) >= 11 is -0.472. The fourth-order valence-corrected chi connectivity index (χ4v) is 12.7. The van der Waals surface area contributed by atoms with Crippen molar-refractivity contribution >= 4 is 35.6 Å². The number of carbonyl (C=O) groups is 1. The zero-order valence-electron chi connectivity index (χ0n) is 73.6. The molecule has 22 rings (SSSR count). The van der Waals surface area contributed by atoms with E-state index in [2.05, 4.69) is 219 Å². The van der Waals surface area contributed by atoms with Gasteiger partial charge in [0.25, 0.3) is 0 Å². The van der Waals surface area contributed by atoms with Gasteiger partial charge in [-0.1, -0.05) is 151 Å². The smallest absolute Gasteiger partial charge is 0.582 e. The minimum absolute atomic E-state index is 0. The third-order valence-corrected chi connectivity index (χ3v) is 19.2. The van der Waals surface area contributed by atoms with Crippen molar-refractivity contribution in [2.24, 2.45) is 5.41 Å². The zero-order chi connectivity index (χ0) is 93.5. The van der Waals surface area contributed by atoms with Crippen LogP contribution in [0.3, 0.4) is 0 Å². The Balaban J connectivity index is 0.000000234. The Labute approximate surface area is 873 Å². The molecule has 18 aromatic heterocycles. The van der Waals surface area contributed by atoms with Crippen molar-refractivity contribution in [2.75, 3.05) is 0 Å². The molecule has 2 aliphatic carbocycles. The minimum atomic E-state index is -4.46. The Morgan fingerprint density at radius 1 is 0.431 bits per heavy atom. The molecule has 0 amide bonds. The predicted molar refractivity (Wildman–Crippen MR) is 481 cm³/mol. The van der Waals surface area contributed by atoms with Crippen LogP contribution < -0.4 is 51.0 Å². The summed E-state index contributed by atoms with van der Waals surface area (Å²) in [7, 11) is 9.75. The van der Waals surface area contributed by atoms with Crippen LogP contribution in [-0.4, -0.2) is 122 Å². The van der Waals surface area contributed by atoms with Gasteiger partial charge in [0.1, 0.15) is 5.69 Å². The van der Waals surface area contributed by atoms with Gasteiger partial charge in [-0.3, -0.25) is 60.0 Å². The first-order valence-electron chi connectivity index (χ1n) is 39.9. The van der Waals surface area contributed by atoms with Crippen LogP contribution in [0.25, 0.3) is 102 Å². The van der Waals surface area contributed by atoms with Gasteiger partial charge in [-0.25, -0.2) is 0 Å². The predicted octanol–water partition coefficient (Wildman–Crippen LogP) is 15.2. The molecule has 0 aliphatic heterocycles. The molecule has 18 heterocycles. The van der Waals surface area contributed by atoms with Crippen molar-refractivity contribution < 1.29 is 145 Å². The van der Waals surface area contributed by atoms with Crippen molar-refractivity contribution in [3.8, 4) is 91.4 Å². The monoisotopic (exact) mass is 2960 g/mol. The molecule has 2 aromatic carbocycles. The Hall–Kier alpha value is -12.3. The van der Waals surface area contributed by atoms with E-state index in [1.807, 2.05) is 131 Å². The van der Waals surface area contributed by atoms with Crippen LogP contribution in [0.5, 0.6) is 0 Å². The second-order valence-electron chi connectivity index (χ2n) is 28.6. The van der Waals surface area contributed by atoms with Crippen LogP contribution in [0.1, 0.15) is 101 Å². The summed E-state index contributed by atoms with van der Waals surface area (Å²) in [6.45, 7) is 18.4. The number of fused-ring (bicyclic) bond motifs is 6. The van der Waals surface area contributed by atoms with Gasteiger partial charge in [0, 0.05) is 142 Å². The molecule has 2 aliphatic rings. The van der Waals surface area contributed by atoms with Crippen molar-refractivity contribution in [3.05, 3.63) is 350 Å². The number of rotatable bonds is 9. The van der Waals surface area contributed by atoms with Gasteiger partial charge in [0.15, 0.2) is 0 Å². The summed E-state index contributed by atoms with van der Waals surface area (Å²) in [6, 6.07) is 59.2. The maximum Gasteiger partial charge on any atom is 2.00 e. The van der Waals surface area contributed by atoms with Gasteiger partial charge in [-0.15, -0.1) is 30.3 Å². The van der Waals surface area contributed by atoms with Crippen LogP contribution in [-0.2, 0) is 133 Å². The molecule has 2 bridgehead atoms. The Morgan fingerprint density at radius 2 is 0.832 bits per heavy atom. The fourth-order valence-electron chi connectivity index (χ4n) is 12.7. The number of carboxylic acids is 1. The van der Waals surface area contributed by atoms with Gasteiger partial charge in [-0.2, -0.15) is 25.6 Å². The van der Waals surface area contributed by atoms with Gasteiger partial charge >= 0.3 is 147 Å². The number of carboxylic acid groups (broad SMARTS) is 1. The van der Waals surface area contributed by atoms with Crippen LogP contribution in [0.15, 0.2) is 287 Å². The molecular weight excluding hydrogens is 2880 g/mol. The van der Waals surface area contributed by atoms with Crippen molar-refractivity contribution in [1.82, 2.24) is 162 Å².